The molecule has 1 atom stereocenters. The standard InChI is InChI=1S/C7H12N2O3/c1-5(10)9(2)7(12)4-3-6(8)11/h3-5,10H,1-2H3,(H2,8,11)/b4-3-. The highest BCUT2D eigenvalue weighted by Crippen LogP contribution is 1.92. The normalized spacial score (nSPS) is 12.9. The lowest BCUT2D eigenvalue weighted by atomic mass is 10.4. The molecule has 0 fully saturated rings. The summed E-state index contributed by atoms with van der Waals surface area (Å²) in [5, 5.41) is 8.91. The van der Waals surface area contributed by atoms with Gasteiger partial charge in [0.2, 0.25) is 11.8 Å². The number of amides is 2. The summed E-state index contributed by atoms with van der Waals surface area (Å²) in [4.78, 5) is 22.2. The Kier molecular flexibility index (Phi) is 3.99. The number of nitrogens with zero attached hydrogens (tertiary/aromatic N) is 1. The first-order valence-electron chi connectivity index (χ1n) is 3.37. The van der Waals surface area contributed by atoms with Crippen LogP contribution in [0.2, 0.25) is 0 Å². The molecule has 12 heavy (non-hydrogen) atoms. The highest BCUT2D eigenvalue weighted by molar-refractivity contribution is 5.95. The largest absolute Gasteiger partial charge is 0.374 e. The molecule has 0 radical (unpaired) electrons. The summed E-state index contributed by atoms with van der Waals surface area (Å²) >= 11 is 0. The van der Waals surface area contributed by atoms with E-state index in [1.165, 1.54) is 14.0 Å². The van der Waals surface area contributed by atoms with Crippen LogP contribution < -0.4 is 5.73 Å². The van der Waals surface area contributed by atoms with Crippen LogP contribution >= 0.6 is 0 Å². The molecular formula is C7H12N2O3. The summed E-state index contributed by atoms with van der Waals surface area (Å²) in [6.45, 7) is 1.44. The third-order valence-electron chi connectivity index (χ3n) is 1.30. The highest BCUT2D eigenvalue weighted by atomic mass is 16.3. The van der Waals surface area contributed by atoms with E-state index in [-0.39, 0.29) is 0 Å². The molecule has 0 rings (SSSR count). The Bertz CT molecular complexity index is 211. The van der Waals surface area contributed by atoms with Crippen LogP contribution in [0, 0.1) is 0 Å². The second-order valence-corrected chi connectivity index (χ2v) is 2.32. The van der Waals surface area contributed by atoms with Gasteiger partial charge in [-0.3, -0.25) is 9.59 Å². The van der Waals surface area contributed by atoms with Crippen LogP contribution in [0.3, 0.4) is 0 Å². The molecule has 0 saturated carbocycles. The van der Waals surface area contributed by atoms with Gasteiger partial charge in [0.1, 0.15) is 6.23 Å². The molecule has 2 amide bonds. The molecule has 5 heteroatoms. The van der Waals surface area contributed by atoms with E-state index in [0.29, 0.717) is 0 Å². The van der Waals surface area contributed by atoms with E-state index >= 15 is 0 Å². The lowest BCUT2D eigenvalue weighted by Gasteiger charge is -2.17. The van der Waals surface area contributed by atoms with Gasteiger partial charge >= 0.3 is 0 Å². The monoisotopic (exact) mass is 172 g/mol. The SMILES string of the molecule is CC(O)N(C)C(=O)/C=C\C(N)=O. The molecule has 1 unspecified atom stereocenters. The van der Waals surface area contributed by atoms with Gasteiger partial charge in [-0.2, -0.15) is 0 Å². The lowest BCUT2D eigenvalue weighted by molar-refractivity contribution is -0.132. The van der Waals surface area contributed by atoms with Gasteiger partial charge in [-0.1, -0.05) is 0 Å². The first-order chi connectivity index (χ1) is 5.45. The van der Waals surface area contributed by atoms with Crippen molar-refractivity contribution in [2.45, 2.75) is 13.2 Å². The molecule has 0 aliphatic rings. The molecule has 0 aromatic rings. The molecule has 0 aliphatic carbocycles. The van der Waals surface area contributed by atoms with Crippen molar-refractivity contribution in [1.29, 1.82) is 0 Å². The number of aliphatic hydroxyl groups is 1. The Morgan fingerprint density at radius 2 is 2.00 bits per heavy atom. The van der Waals surface area contributed by atoms with Crippen LogP contribution in [-0.2, 0) is 9.59 Å². The van der Waals surface area contributed by atoms with Gasteiger partial charge in [0.05, 0.1) is 0 Å². The van der Waals surface area contributed by atoms with E-state index in [1.54, 1.807) is 0 Å². The molecule has 0 aromatic carbocycles. The van der Waals surface area contributed by atoms with Crippen LogP contribution in [-0.4, -0.2) is 35.1 Å². The van der Waals surface area contributed by atoms with Crippen molar-refractivity contribution in [3.05, 3.63) is 12.2 Å². The van der Waals surface area contributed by atoms with Crippen molar-refractivity contribution in [3.8, 4) is 0 Å². The van der Waals surface area contributed by atoms with Crippen molar-refractivity contribution in [3.63, 3.8) is 0 Å². The summed E-state index contributed by atoms with van der Waals surface area (Å²) < 4.78 is 0. The van der Waals surface area contributed by atoms with Gasteiger partial charge in [0.25, 0.3) is 0 Å². The Labute approximate surface area is 70.5 Å². The molecule has 0 aromatic heterocycles. The summed E-state index contributed by atoms with van der Waals surface area (Å²) in [6, 6.07) is 0. The number of likely N-dealkylation sites (N-methyl/N-ethyl adjacent to an activating group) is 1. The Morgan fingerprint density at radius 1 is 1.50 bits per heavy atom. The topological polar surface area (TPSA) is 83.6 Å². The molecule has 0 saturated heterocycles. The second-order valence-electron chi connectivity index (χ2n) is 2.32. The second kappa shape index (κ2) is 4.50. The van der Waals surface area contributed by atoms with Crippen molar-refractivity contribution >= 4 is 11.8 Å². The molecule has 0 bridgehead atoms. The molecule has 0 spiro atoms. The van der Waals surface area contributed by atoms with Gasteiger partial charge in [-0.15, -0.1) is 0 Å². The van der Waals surface area contributed by atoms with Crippen molar-refractivity contribution in [2.24, 2.45) is 5.73 Å². The van der Waals surface area contributed by atoms with Crippen LogP contribution in [0.1, 0.15) is 6.92 Å². The fourth-order valence-electron chi connectivity index (χ4n) is 0.455. The third kappa shape index (κ3) is 3.72. The van der Waals surface area contributed by atoms with Gasteiger partial charge in [-0.05, 0) is 6.92 Å². The number of carbonyl (C=O) groups is 2. The maximum Gasteiger partial charge on any atom is 0.248 e. The smallest absolute Gasteiger partial charge is 0.248 e. The highest BCUT2D eigenvalue weighted by Gasteiger charge is 2.09. The molecule has 3 N–H and O–H groups in total. The number of rotatable bonds is 3. The summed E-state index contributed by atoms with van der Waals surface area (Å²) in [6.07, 6.45) is 1.08. The Hall–Kier alpha value is -1.36. The van der Waals surface area contributed by atoms with E-state index in [4.69, 9.17) is 10.8 Å². The van der Waals surface area contributed by atoms with Gasteiger partial charge in [0, 0.05) is 19.2 Å². The van der Waals surface area contributed by atoms with E-state index in [9.17, 15) is 9.59 Å². The zero-order chi connectivity index (χ0) is 9.72. The molecule has 0 aliphatic heterocycles. The number of hydrogen-bond acceptors (Lipinski definition) is 3. The van der Waals surface area contributed by atoms with Crippen molar-refractivity contribution in [2.75, 3.05) is 7.05 Å². The van der Waals surface area contributed by atoms with Crippen LogP contribution in [0.4, 0.5) is 0 Å². The maximum absolute atomic E-state index is 11.0. The fourth-order valence-corrected chi connectivity index (χ4v) is 0.455. The van der Waals surface area contributed by atoms with E-state index in [2.05, 4.69) is 0 Å². The number of nitrogens with two attached hydrogens (primary N) is 1. The van der Waals surface area contributed by atoms with Gasteiger partial charge in [-0.25, -0.2) is 0 Å². The minimum absolute atomic E-state index is 0.469. The van der Waals surface area contributed by atoms with E-state index in [0.717, 1.165) is 17.1 Å². The quantitative estimate of drug-likeness (QED) is 0.415. The number of aliphatic hydroxyl groups excluding tert-OH is 1. The zero-order valence-corrected chi connectivity index (χ0v) is 7.02. The van der Waals surface area contributed by atoms with Crippen LogP contribution in [0.15, 0.2) is 12.2 Å². The lowest BCUT2D eigenvalue weighted by Crippen LogP contribution is -2.33. The summed E-state index contributed by atoms with van der Waals surface area (Å²) in [5.41, 5.74) is 4.76. The number of carbonyl (C=O) groups excluding carboxylic acids is 2. The zero-order valence-electron chi connectivity index (χ0n) is 7.02. The molecule has 68 valence electrons. The maximum atomic E-state index is 11.0. The number of hydrogen-bond donors (Lipinski definition) is 2. The predicted molar refractivity (Wildman–Crippen MR) is 42.8 cm³/mol. The third-order valence-corrected chi connectivity index (χ3v) is 1.30. The van der Waals surface area contributed by atoms with Gasteiger partial charge < -0.3 is 15.7 Å². The first kappa shape index (κ1) is 10.6. The average molecular weight is 172 g/mol. The van der Waals surface area contributed by atoms with E-state index in [1.807, 2.05) is 0 Å². The minimum atomic E-state index is -0.880. The number of primary amides is 1. The Balaban J connectivity index is 4.13. The van der Waals surface area contributed by atoms with Crippen LogP contribution in [0.5, 0.6) is 0 Å². The van der Waals surface area contributed by atoms with Gasteiger partial charge in [0.15, 0.2) is 0 Å². The van der Waals surface area contributed by atoms with Crippen LogP contribution in [0.25, 0.3) is 0 Å². The predicted octanol–water partition coefficient (Wildman–Crippen LogP) is -1.18. The first-order valence-corrected chi connectivity index (χ1v) is 3.37. The van der Waals surface area contributed by atoms with E-state index < -0.39 is 18.0 Å². The fraction of sp³-hybridized carbons (Fsp3) is 0.429. The minimum Gasteiger partial charge on any atom is -0.374 e. The summed E-state index contributed by atoms with van der Waals surface area (Å²) in [7, 11) is 1.42. The molecule has 0 heterocycles. The average Bonchev–Trinajstić information content (AvgIpc) is 1.98. The Morgan fingerprint density at radius 3 is 2.33 bits per heavy atom. The van der Waals surface area contributed by atoms with Crippen molar-refractivity contribution in [1.82, 2.24) is 4.90 Å². The molecular weight excluding hydrogens is 160 g/mol. The molecule has 5 nitrogen and oxygen atoms in total. The van der Waals surface area contributed by atoms with Crippen molar-refractivity contribution < 1.29 is 14.7 Å². The summed E-state index contributed by atoms with van der Waals surface area (Å²) in [5.74, 6) is -1.16.